The number of para-hydroxylation sites is 1. The first-order chi connectivity index (χ1) is 12.3. The summed E-state index contributed by atoms with van der Waals surface area (Å²) >= 11 is 0. The van der Waals surface area contributed by atoms with Gasteiger partial charge in [0, 0.05) is 23.0 Å². The third kappa shape index (κ3) is 2.70. The number of nitrogens with two attached hydrogens (primary N) is 1. The van der Waals surface area contributed by atoms with E-state index in [0.717, 1.165) is 27.6 Å². The molecule has 0 fully saturated rings. The standard InChI is InChI=1S/C22H18N2O/c23-22(25)21-20(17-11-5-2-6-12-17)18-13-7-8-14-19(18)24(21)15-16-9-3-1-4-10-16/h1-14H,15H2,(H2,23,25). The molecule has 1 aromatic heterocycles. The van der Waals surface area contributed by atoms with Crippen LogP contribution in [0.5, 0.6) is 0 Å². The van der Waals surface area contributed by atoms with E-state index in [0.29, 0.717) is 12.2 Å². The molecule has 122 valence electrons. The third-order valence-electron chi connectivity index (χ3n) is 4.45. The van der Waals surface area contributed by atoms with Crippen LogP contribution in [0.1, 0.15) is 16.1 Å². The highest BCUT2D eigenvalue weighted by Crippen LogP contribution is 2.35. The largest absolute Gasteiger partial charge is 0.364 e. The number of fused-ring (bicyclic) bond motifs is 1. The van der Waals surface area contributed by atoms with E-state index in [1.807, 2.05) is 77.4 Å². The molecule has 3 heteroatoms. The number of rotatable bonds is 4. The van der Waals surface area contributed by atoms with Crippen LogP contribution in [0.4, 0.5) is 0 Å². The van der Waals surface area contributed by atoms with E-state index in [1.165, 1.54) is 0 Å². The highest BCUT2D eigenvalue weighted by atomic mass is 16.1. The van der Waals surface area contributed by atoms with Crippen molar-refractivity contribution in [1.82, 2.24) is 4.57 Å². The first-order valence-corrected chi connectivity index (χ1v) is 8.26. The lowest BCUT2D eigenvalue weighted by Crippen LogP contribution is -2.18. The third-order valence-corrected chi connectivity index (χ3v) is 4.45. The molecule has 2 N–H and O–H groups in total. The average Bonchev–Trinajstić information content (AvgIpc) is 2.98. The Morgan fingerprint density at radius 1 is 0.800 bits per heavy atom. The Morgan fingerprint density at radius 2 is 1.40 bits per heavy atom. The number of primary amides is 1. The van der Waals surface area contributed by atoms with Gasteiger partial charge in [0.25, 0.3) is 5.91 Å². The van der Waals surface area contributed by atoms with Gasteiger partial charge in [0.15, 0.2) is 0 Å². The number of aromatic nitrogens is 1. The van der Waals surface area contributed by atoms with Crippen LogP contribution >= 0.6 is 0 Å². The van der Waals surface area contributed by atoms with Crippen molar-refractivity contribution in [3.8, 4) is 11.1 Å². The highest BCUT2D eigenvalue weighted by Gasteiger charge is 2.21. The minimum absolute atomic E-state index is 0.411. The van der Waals surface area contributed by atoms with Gasteiger partial charge >= 0.3 is 0 Å². The van der Waals surface area contributed by atoms with Crippen LogP contribution in [-0.2, 0) is 6.54 Å². The Labute approximate surface area is 146 Å². The molecule has 0 atom stereocenters. The summed E-state index contributed by atoms with van der Waals surface area (Å²) in [6.07, 6.45) is 0. The molecule has 3 nitrogen and oxygen atoms in total. The van der Waals surface area contributed by atoms with E-state index in [2.05, 4.69) is 12.1 Å². The van der Waals surface area contributed by atoms with Gasteiger partial charge in [-0.25, -0.2) is 0 Å². The van der Waals surface area contributed by atoms with E-state index >= 15 is 0 Å². The molecular formula is C22H18N2O. The Morgan fingerprint density at radius 3 is 2.08 bits per heavy atom. The summed E-state index contributed by atoms with van der Waals surface area (Å²) in [5.74, 6) is -0.411. The zero-order valence-corrected chi connectivity index (χ0v) is 13.7. The molecule has 1 heterocycles. The van der Waals surface area contributed by atoms with E-state index in [1.54, 1.807) is 0 Å². The normalized spacial score (nSPS) is 10.9. The van der Waals surface area contributed by atoms with Crippen molar-refractivity contribution in [3.05, 3.63) is 96.2 Å². The lowest BCUT2D eigenvalue weighted by atomic mass is 10.0. The van der Waals surface area contributed by atoms with E-state index in [-0.39, 0.29) is 0 Å². The monoisotopic (exact) mass is 326 g/mol. The zero-order valence-electron chi connectivity index (χ0n) is 13.7. The molecule has 0 aliphatic rings. The maximum absolute atomic E-state index is 12.4. The number of carbonyl (C=O) groups is 1. The maximum atomic E-state index is 12.4. The molecule has 1 amide bonds. The second-order valence-electron chi connectivity index (χ2n) is 6.04. The first-order valence-electron chi connectivity index (χ1n) is 8.26. The van der Waals surface area contributed by atoms with Crippen LogP contribution in [0.3, 0.4) is 0 Å². The lowest BCUT2D eigenvalue weighted by Gasteiger charge is -2.10. The Balaban J connectivity index is 2.02. The second-order valence-corrected chi connectivity index (χ2v) is 6.04. The van der Waals surface area contributed by atoms with Crippen LogP contribution in [-0.4, -0.2) is 10.5 Å². The molecular weight excluding hydrogens is 308 g/mol. The predicted octanol–water partition coefficient (Wildman–Crippen LogP) is 4.46. The number of hydrogen-bond acceptors (Lipinski definition) is 1. The Bertz CT molecular complexity index is 1030. The molecule has 0 radical (unpaired) electrons. The number of amides is 1. The van der Waals surface area contributed by atoms with Crippen LogP contribution < -0.4 is 5.73 Å². The number of benzene rings is 3. The fourth-order valence-corrected chi connectivity index (χ4v) is 3.39. The summed E-state index contributed by atoms with van der Waals surface area (Å²) in [6.45, 7) is 0.604. The molecule has 0 unspecified atom stereocenters. The van der Waals surface area contributed by atoms with Gasteiger partial charge < -0.3 is 10.3 Å². The smallest absolute Gasteiger partial charge is 0.266 e. The van der Waals surface area contributed by atoms with Gasteiger partial charge in [-0.15, -0.1) is 0 Å². The minimum Gasteiger partial charge on any atom is -0.364 e. The van der Waals surface area contributed by atoms with Crippen molar-refractivity contribution in [3.63, 3.8) is 0 Å². The van der Waals surface area contributed by atoms with E-state index in [9.17, 15) is 4.79 Å². The van der Waals surface area contributed by atoms with Crippen molar-refractivity contribution < 1.29 is 4.79 Å². The molecule has 4 aromatic rings. The van der Waals surface area contributed by atoms with Gasteiger partial charge in [-0.1, -0.05) is 78.9 Å². The number of hydrogen-bond donors (Lipinski definition) is 1. The van der Waals surface area contributed by atoms with Crippen LogP contribution in [0, 0.1) is 0 Å². The van der Waals surface area contributed by atoms with Crippen LogP contribution in [0.2, 0.25) is 0 Å². The van der Waals surface area contributed by atoms with Crippen molar-refractivity contribution in [1.29, 1.82) is 0 Å². The molecule has 0 saturated carbocycles. The second kappa shape index (κ2) is 6.29. The summed E-state index contributed by atoms with van der Waals surface area (Å²) in [6, 6.07) is 28.1. The van der Waals surface area contributed by atoms with Gasteiger partial charge in [0.2, 0.25) is 0 Å². The van der Waals surface area contributed by atoms with Gasteiger partial charge in [0.05, 0.1) is 0 Å². The molecule has 25 heavy (non-hydrogen) atoms. The van der Waals surface area contributed by atoms with Crippen molar-refractivity contribution >= 4 is 16.8 Å². The number of carbonyl (C=O) groups excluding carboxylic acids is 1. The molecule has 0 aliphatic heterocycles. The minimum atomic E-state index is -0.411. The summed E-state index contributed by atoms with van der Waals surface area (Å²) in [5.41, 5.74) is 10.4. The fraction of sp³-hybridized carbons (Fsp3) is 0.0455. The van der Waals surface area contributed by atoms with Gasteiger partial charge in [-0.2, -0.15) is 0 Å². The molecule has 3 aromatic carbocycles. The lowest BCUT2D eigenvalue weighted by molar-refractivity contribution is 0.0993. The first kappa shape index (κ1) is 15.2. The SMILES string of the molecule is NC(=O)c1c(-c2ccccc2)c2ccccc2n1Cc1ccccc1. The van der Waals surface area contributed by atoms with Crippen LogP contribution in [0.15, 0.2) is 84.9 Å². The Hall–Kier alpha value is -3.33. The zero-order chi connectivity index (χ0) is 17.2. The van der Waals surface area contributed by atoms with E-state index in [4.69, 9.17) is 5.73 Å². The fourth-order valence-electron chi connectivity index (χ4n) is 3.39. The summed E-state index contributed by atoms with van der Waals surface area (Å²) < 4.78 is 2.02. The maximum Gasteiger partial charge on any atom is 0.266 e. The van der Waals surface area contributed by atoms with Gasteiger partial charge in [-0.3, -0.25) is 4.79 Å². The topological polar surface area (TPSA) is 48.0 Å². The van der Waals surface area contributed by atoms with Crippen LogP contribution in [0.25, 0.3) is 22.0 Å². The van der Waals surface area contributed by atoms with Gasteiger partial charge in [-0.05, 0) is 17.2 Å². The quantitative estimate of drug-likeness (QED) is 0.591. The summed E-state index contributed by atoms with van der Waals surface area (Å²) in [7, 11) is 0. The Kier molecular flexibility index (Phi) is 3.82. The predicted molar refractivity (Wildman–Crippen MR) is 101 cm³/mol. The molecule has 4 rings (SSSR count). The summed E-state index contributed by atoms with van der Waals surface area (Å²) in [5, 5.41) is 1.04. The number of nitrogens with zero attached hydrogens (tertiary/aromatic N) is 1. The molecule has 0 spiro atoms. The van der Waals surface area contributed by atoms with Crippen molar-refractivity contribution in [2.75, 3.05) is 0 Å². The summed E-state index contributed by atoms with van der Waals surface area (Å²) in [4.78, 5) is 12.4. The van der Waals surface area contributed by atoms with Gasteiger partial charge in [0.1, 0.15) is 5.69 Å². The molecule has 0 saturated heterocycles. The molecule has 0 aliphatic carbocycles. The van der Waals surface area contributed by atoms with Crippen molar-refractivity contribution in [2.45, 2.75) is 6.54 Å². The average molecular weight is 326 g/mol. The molecule has 0 bridgehead atoms. The van der Waals surface area contributed by atoms with E-state index < -0.39 is 5.91 Å². The highest BCUT2D eigenvalue weighted by molar-refractivity contribution is 6.09. The van der Waals surface area contributed by atoms with Crippen molar-refractivity contribution in [2.24, 2.45) is 5.73 Å².